The van der Waals surface area contributed by atoms with E-state index in [-0.39, 0.29) is 6.42 Å². The Morgan fingerprint density at radius 1 is 1.56 bits per heavy atom. The van der Waals surface area contributed by atoms with E-state index in [9.17, 15) is 4.79 Å². The van der Waals surface area contributed by atoms with Crippen molar-refractivity contribution in [1.82, 2.24) is 0 Å². The Balaban J connectivity index is 0. The summed E-state index contributed by atoms with van der Waals surface area (Å²) in [5.41, 5.74) is 0. The number of hydrogen-bond donors (Lipinski definition) is 2. The van der Waals surface area contributed by atoms with Gasteiger partial charge in [-0.1, -0.05) is 12.7 Å². The zero-order valence-electron chi connectivity index (χ0n) is 5.08. The molecule has 0 radical (unpaired) electrons. The predicted octanol–water partition coefficient (Wildman–Crippen LogP) is 1.33. The predicted molar refractivity (Wildman–Crippen MR) is 35.3 cm³/mol. The molecule has 0 aliphatic heterocycles. The second-order valence-electron chi connectivity index (χ2n) is 1.07. The normalized spacial score (nSPS) is 6.22. The minimum Gasteiger partial charge on any atom is -0.516 e. The van der Waals surface area contributed by atoms with E-state index >= 15 is 0 Å². The van der Waals surface area contributed by atoms with Crippen molar-refractivity contribution in [1.29, 1.82) is 0 Å². The van der Waals surface area contributed by atoms with Gasteiger partial charge in [-0.3, -0.25) is 4.79 Å². The molecule has 0 heterocycles. The zero-order chi connectivity index (χ0) is 7.70. The number of hydrogen-bond acceptors (Lipinski definition) is 2. The number of carboxylic acid groups (broad SMARTS) is 1. The van der Waals surface area contributed by atoms with Gasteiger partial charge in [0.2, 0.25) is 0 Å². The van der Waals surface area contributed by atoms with Gasteiger partial charge in [-0.05, 0) is 0 Å². The highest BCUT2D eigenvalue weighted by Gasteiger charge is 1.84. The third-order valence-corrected chi connectivity index (χ3v) is 0.319. The number of carbonyl (C=O) groups is 1. The first-order valence-corrected chi connectivity index (χ1v) is 2.26. The fraction of sp³-hybridized carbons (Fsp3) is 0.167. The Hall–Kier alpha value is -1.25. The average molecular weight is 130 g/mol. The molecule has 0 bridgehead atoms. The minimum atomic E-state index is -0.829. The van der Waals surface area contributed by atoms with Crippen LogP contribution in [0, 0.1) is 0 Å². The molecule has 0 fully saturated rings. The average Bonchev–Trinajstić information content (AvgIpc) is 1.67. The van der Waals surface area contributed by atoms with E-state index in [0.717, 1.165) is 6.26 Å². The Labute approximate surface area is 53.9 Å². The van der Waals surface area contributed by atoms with Gasteiger partial charge in [0, 0.05) is 0 Å². The maximum atomic E-state index is 9.53. The van der Waals surface area contributed by atoms with Crippen LogP contribution in [0.5, 0.6) is 0 Å². The molecule has 3 nitrogen and oxygen atoms in total. The SMILES string of the molecule is C=CCC(=O)O.C=CO. The molecular formula is C6H10O3. The van der Waals surface area contributed by atoms with E-state index in [4.69, 9.17) is 10.2 Å². The lowest BCUT2D eigenvalue weighted by Gasteiger charge is -1.75. The molecule has 0 saturated heterocycles. The van der Waals surface area contributed by atoms with E-state index in [1.165, 1.54) is 6.08 Å². The van der Waals surface area contributed by atoms with Crippen molar-refractivity contribution >= 4 is 5.97 Å². The summed E-state index contributed by atoms with van der Waals surface area (Å²) in [7, 11) is 0. The molecule has 9 heavy (non-hydrogen) atoms. The molecule has 0 amide bonds. The molecule has 0 spiro atoms. The molecule has 0 aliphatic rings. The Morgan fingerprint density at radius 3 is 1.89 bits per heavy atom. The van der Waals surface area contributed by atoms with E-state index in [2.05, 4.69) is 13.2 Å². The van der Waals surface area contributed by atoms with Crippen molar-refractivity contribution in [3.63, 3.8) is 0 Å². The van der Waals surface area contributed by atoms with Crippen molar-refractivity contribution in [3.05, 3.63) is 25.5 Å². The lowest BCUT2D eigenvalue weighted by Crippen LogP contribution is -1.88. The molecule has 0 aromatic heterocycles. The summed E-state index contributed by atoms with van der Waals surface area (Å²) in [4.78, 5) is 9.53. The largest absolute Gasteiger partial charge is 0.516 e. The molecule has 0 aliphatic carbocycles. The van der Waals surface area contributed by atoms with Gasteiger partial charge < -0.3 is 10.2 Å². The summed E-state index contributed by atoms with van der Waals surface area (Å²) < 4.78 is 0. The maximum Gasteiger partial charge on any atom is 0.307 e. The summed E-state index contributed by atoms with van der Waals surface area (Å²) in [5, 5.41) is 15.2. The highest BCUT2D eigenvalue weighted by Crippen LogP contribution is 1.74. The fourth-order valence-electron chi connectivity index (χ4n) is 0.123. The number of aliphatic hydroxyl groups excluding tert-OH is 1. The van der Waals surface area contributed by atoms with E-state index in [1.807, 2.05) is 0 Å². The molecular weight excluding hydrogens is 120 g/mol. The van der Waals surface area contributed by atoms with Crippen LogP contribution in [0.1, 0.15) is 6.42 Å². The molecule has 3 heteroatoms. The highest BCUT2D eigenvalue weighted by molar-refractivity contribution is 5.68. The highest BCUT2D eigenvalue weighted by atomic mass is 16.4. The summed E-state index contributed by atoms with van der Waals surface area (Å²) >= 11 is 0. The quantitative estimate of drug-likeness (QED) is 0.438. The van der Waals surface area contributed by atoms with Crippen LogP contribution in [0.25, 0.3) is 0 Å². The van der Waals surface area contributed by atoms with Crippen molar-refractivity contribution in [2.24, 2.45) is 0 Å². The molecule has 52 valence electrons. The number of carboxylic acids is 1. The monoisotopic (exact) mass is 130 g/mol. The van der Waals surface area contributed by atoms with Crippen LogP contribution in [-0.4, -0.2) is 16.2 Å². The molecule has 0 aromatic carbocycles. The summed E-state index contributed by atoms with van der Waals surface area (Å²) in [6.07, 6.45) is 2.16. The molecule has 0 rings (SSSR count). The Morgan fingerprint density at radius 2 is 1.89 bits per heavy atom. The summed E-state index contributed by atoms with van der Waals surface area (Å²) in [5.74, 6) is -0.829. The number of aliphatic carboxylic acids is 1. The third-order valence-electron chi connectivity index (χ3n) is 0.319. The van der Waals surface area contributed by atoms with Crippen LogP contribution in [0.3, 0.4) is 0 Å². The second kappa shape index (κ2) is 9.89. The van der Waals surface area contributed by atoms with E-state index in [1.54, 1.807) is 0 Å². The molecule has 2 N–H and O–H groups in total. The lowest BCUT2D eigenvalue weighted by atomic mass is 10.4. The lowest BCUT2D eigenvalue weighted by molar-refractivity contribution is -0.135. The van der Waals surface area contributed by atoms with Gasteiger partial charge in [0.15, 0.2) is 0 Å². The Bertz CT molecular complexity index is 96.5. The van der Waals surface area contributed by atoms with Gasteiger partial charge in [0.1, 0.15) is 0 Å². The van der Waals surface area contributed by atoms with Crippen LogP contribution in [0.2, 0.25) is 0 Å². The first-order valence-electron chi connectivity index (χ1n) is 2.26. The maximum absolute atomic E-state index is 9.53. The number of rotatable bonds is 2. The van der Waals surface area contributed by atoms with Gasteiger partial charge in [0.25, 0.3) is 0 Å². The molecule has 0 aromatic rings. The topological polar surface area (TPSA) is 57.5 Å². The van der Waals surface area contributed by atoms with Crippen LogP contribution < -0.4 is 0 Å². The van der Waals surface area contributed by atoms with Crippen molar-refractivity contribution in [3.8, 4) is 0 Å². The van der Waals surface area contributed by atoms with Gasteiger partial charge in [-0.15, -0.1) is 6.58 Å². The fourth-order valence-corrected chi connectivity index (χ4v) is 0.123. The first-order chi connectivity index (χ1) is 4.18. The van der Waals surface area contributed by atoms with Crippen molar-refractivity contribution in [2.45, 2.75) is 6.42 Å². The molecule has 0 saturated carbocycles. The molecule has 0 unspecified atom stereocenters. The third kappa shape index (κ3) is 49.7. The van der Waals surface area contributed by atoms with Crippen LogP contribution in [-0.2, 0) is 4.79 Å². The van der Waals surface area contributed by atoms with E-state index < -0.39 is 5.97 Å². The van der Waals surface area contributed by atoms with Gasteiger partial charge in [0.05, 0.1) is 12.7 Å². The first kappa shape index (κ1) is 10.7. The van der Waals surface area contributed by atoms with Crippen LogP contribution in [0.4, 0.5) is 0 Å². The summed E-state index contributed by atoms with van der Waals surface area (Å²) in [6.45, 7) is 6.14. The van der Waals surface area contributed by atoms with Gasteiger partial charge in [-0.25, -0.2) is 0 Å². The van der Waals surface area contributed by atoms with Crippen LogP contribution in [0.15, 0.2) is 25.5 Å². The molecule has 0 atom stereocenters. The van der Waals surface area contributed by atoms with Crippen LogP contribution >= 0.6 is 0 Å². The van der Waals surface area contributed by atoms with Gasteiger partial charge in [-0.2, -0.15) is 0 Å². The van der Waals surface area contributed by atoms with Crippen molar-refractivity contribution < 1.29 is 15.0 Å². The standard InChI is InChI=1S/C4H6O2.C2H4O/c1-2-3-4(5)6;1-2-3/h2H,1,3H2,(H,5,6);2-3H,1H2. The second-order valence-corrected chi connectivity index (χ2v) is 1.07. The zero-order valence-corrected chi connectivity index (χ0v) is 5.08. The minimum absolute atomic E-state index is 0.0556. The smallest absolute Gasteiger partial charge is 0.307 e. The van der Waals surface area contributed by atoms with Crippen molar-refractivity contribution in [2.75, 3.05) is 0 Å². The van der Waals surface area contributed by atoms with E-state index in [0.29, 0.717) is 0 Å². The number of aliphatic hydroxyl groups is 1. The van der Waals surface area contributed by atoms with Gasteiger partial charge >= 0.3 is 5.97 Å². The summed E-state index contributed by atoms with van der Waals surface area (Å²) in [6, 6.07) is 0. The Kier molecular flexibility index (Phi) is 11.7.